The highest BCUT2D eigenvalue weighted by atomic mass is 32.2. The Bertz CT molecular complexity index is 484. The molecule has 90 valence electrons. The average molecular weight is 248 g/mol. The van der Waals surface area contributed by atoms with Crippen LogP contribution < -0.4 is 10.6 Å². The van der Waals surface area contributed by atoms with Crippen LogP contribution in [-0.2, 0) is 4.79 Å². The Balaban J connectivity index is 1.93. The van der Waals surface area contributed by atoms with Crippen LogP contribution in [0.5, 0.6) is 0 Å². The van der Waals surface area contributed by atoms with Crippen molar-refractivity contribution in [1.82, 2.24) is 5.32 Å². The number of nitrogens with one attached hydrogen (secondary N) is 2. The second kappa shape index (κ2) is 3.75. The molecule has 4 heteroatoms. The van der Waals surface area contributed by atoms with Crippen LogP contribution in [0.4, 0.5) is 5.69 Å². The maximum Gasteiger partial charge on any atom is 0.234 e. The SMILES string of the molecule is CC1(C)NCC1c1ccc2c(c1)NC(=O)CS2. The van der Waals surface area contributed by atoms with E-state index in [2.05, 4.69) is 42.7 Å². The summed E-state index contributed by atoms with van der Waals surface area (Å²) in [6.07, 6.45) is 0. The smallest absolute Gasteiger partial charge is 0.234 e. The van der Waals surface area contributed by atoms with Gasteiger partial charge < -0.3 is 10.6 Å². The molecule has 1 amide bonds. The van der Waals surface area contributed by atoms with E-state index >= 15 is 0 Å². The molecule has 1 aromatic rings. The van der Waals surface area contributed by atoms with Crippen LogP contribution in [0.15, 0.2) is 23.1 Å². The van der Waals surface area contributed by atoms with Crippen LogP contribution >= 0.6 is 11.8 Å². The molecule has 0 radical (unpaired) electrons. The number of fused-ring (bicyclic) bond motifs is 1. The van der Waals surface area contributed by atoms with Crippen molar-refractivity contribution in [1.29, 1.82) is 0 Å². The first kappa shape index (κ1) is 11.1. The van der Waals surface area contributed by atoms with Crippen molar-refractivity contribution in [3.63, 3.8) is 0 Å². The minimum atomic E-state index is 0.102. The zero-order chi connectivity index (χ0) is 12.0. The van der Waals surface area contributed by atoms with E-state index in [1.54, 1.807) is 11.8 Å². The molecule has 0 aliphatic carbocycles. The largest absolute Gasteiger partial charge is 0.324 e. The van der Waals surface area contributed by atoms with Crippen molar-refractivity contribution in [2.75, 3.05) is 17.6 Å². The van der Waals surface area contributed by atoms with Gasteiger partial charge in [0.05, 0.1) is 11.4 Å². The van der Waals surface area contributed by atoms with Crippen molar-refractivity contribution in [3.05, 3.63) is 23.8 Å². The quantitative estimate of drug-likeness (QED) is 0.800. The van der Waals surface area contributed by atoms with E-state index in [0.717, 1.165) is 12.2 Å². The number of benzene rings is 1. The molecule has 0 aromatic heterocycles. The highest BCUT2D eigenvalue weighted by molar-refractivity contribution is 8.00. The van der Waals surface area contributed by atoms with Gasteiger partial charge in [0, 0.05) is 22.9 Å². The van der Waals surface area contributed by atoms with E-state index in [-0.39, 0.29) is 11.4 Å². The minimum absolute atomic E-state index is 0.102. The normalized spacial score (nSPS) is 25.8. The lowest BCUT2D eigenvalue weighted by molar-refractivity contribution is -0.113. The monoisotopic (exact) mass is 248 g/mol. The highest BCUT2D eigenvalue weighted by Gasteiger charge is 2.39. The number of hydrogen-bond acceptors (Lipinski definition) is 3. The Hall–Kier alpha value is -1.000. The Morgan fingerprint density at radius 3 is 2.88 bits per heavy atom. The third-order valence-corrected chi connectivity index (χ3v) is 4.75. The molecule has 1 aromatic carbocycles. The summed E-state index contributed by atoms with van der Waals surface area (Å²) in [6, 6.07) is 6.45. The summed E-state index contributed by atoms with van der Waals surface area (Å²) < 4.78 is 0. The molecule has 2 aliphatic heterocycles. The van der Waals surface area contributed by atoms with Crippen molar-refractivity contribution in [2.24, 2.45) is 0 Å². The summed E-state index contributed by atoms with van der Waals surface area (Å²) >= 11 is 1.62. The Labute approximate surface area is 105 Å². The number of amides is 1. The number of carbonyl (C=O) groups excluding carboxylic acids is 1. The third kappa shape index (κ3) is 1.85. The fourth-order valence-corrected chi connectivity index (χ4v) is 3.25. The van der Waals surface area contributed by atoms with Crippen LogP contribution in [0, 0.1) is 0 Å². The fourth-order valence-electron chi connectivity index (χ4n) is 2.46. The lowest BCUT2D eigenvalue weighted by Gasteiger charge is -2.46. The van der Waals surface area contributed by atoms with E-state index in [1.807, 2.05) is 0 Å². The maximum atomic E-state index is 11.4. The van der Waals surface area contributed by atoms with E-state index in [1.165, 1.54) is 10.5 Å². The molecule has 2 heterocycles. The van der Waals surface area contributed by atoms with Gasteiger partial charge in [0.25, 0.3) is 0 Å². The number of carbonyl (C=O) groups is 1. The van der Waals surface area contributed by atoms with Gasteiger partial charge in [0.2, 0.25) is 5.91 Å². The molecule has 1 fully saturated rings. The first-order chi connectivity index (χ1) is 8.06. The van der Waals surface area contributed by atoms with Crippen LogP contribution in [0.2, 0.25) is 0 Å². The van der Waals surface area contributed by atoms with E-state index < -0.39 is 0 Å². The molecule has 3 rings (SSSR count). The van der Waals surface area contributed by atoms with Gasteiger partial charge in [-0.3, -0.25) is 4.79 Å². The summed E-state index contributed by atoms with van der Waals surface area (Å²) in [7, 11) is 0. The highest BCUT2D eigenvalue weighted by Crippen LogP contribution is 2.39. The van der Waals surface area contributed by atoms with Crippen LogP contribution in [0.25, 0.3) is 0 Å². The van der Waals surface area contributed by atoms with E-state index in [9.17, 15) is 4.79 Å². The first-order valence-electron chi connectivity index (χ1n) is 5.88. The van der Waals surface area contributed by atoms with Crippen LogP contribution in [-0.4, -0.2) is 23.7 Å². The van der Waals surface area contributed by atoms with E-state index in [0.29, 0.717) is 11.7 Å². The Morgan fingerprint density at radius 1 is 1.41 bits per heavy atom. The first-order valence-corrected chi connectivity index (χ1v) is 6.86. The predicted molar refractivity (Wildman–Crippen MR) is 70.6 cm³/mol. The molecule has 1 unspecified atom stereocenters. The average Bonchev–Trinajstić information content (AvgIpc) is 2.27. The second-order valence-electron chi connectivity index (χ2n) is 5.25. The Kier molecular flexibility index (Phi) is 2.45. The van der Waals surface area contributed by atoms with Crippen LogP contribution in [0.1, 0.15) is 25.3 Å². The summed E-state index contributed by atoms with van der Waals surface area (Å²) in [5.41, 5.74) is 2.46. The van der Waals surface area contributed by atoms with Gasteiger partial charge in [-0.15, -0.1) is 11.8 Å². The molecule has 1 saturated heterocycles. The number of anilines is 1. The number of thioether (sulfide) groups is 1. The predicted octanol–water partition coefficient (Wildman–Crippen LogP) is 2.20. The van der Waals surface area contributed by atoms with Crippen LogP contribution in [0.3, 0.4) is 0 Å². The van der Waals surface area contributed by atoms with Gasteiger partial charge in [0.1, 0.15) is 0 Å². The number of hydrogen-bond donors (Lipinski definition) is 2. The molecule has 0 saturated carbocycles. The van der Waals surface area contributed by atoms with E-state index in [4.69, 9.17) is 0 Å². The van der Waals surface area contributed by atoms with Gasteiger partial charge in [0.15, 0.2) is 0 Å². The molecule has 3 nitrogen and oxygen atoms in total. The standard InChI is InChI=1S/C13H16N2OS/c1-13(2)9(6-14-13)8-3-4-11-10(5-8)15-12(16)7-17-11/h3-5,9,14H,6-7H2,1-2H3,(H,15,16). The zero-order valence-electron chi connectivity index (χ0n) is 10.0. The van der Waals surface area contributed by atoms with Crippen molar-refractivity contribution >= 4 is 23.4 Å². The zero-order valence-corrected chi connectivity index (χ0v) is 10.9. The molecule has 2 N–H and O–H groups in total. The molecular weight excluding hydrogens is 232 g/mol. The minimum Gasteiger partial charge on any atom is -0.324 e. The fraction of sp³-hybridized carbons (Fsp3) is 0.462. The summed E-state index contributed by atoms with van der Waals surface area (Å²) in [5.74, 6) is 1.17. The topological polar surface area (TPSA) is 41.1 Å². The second-order valence-corrected chi connectivity index (χ2v) is 6.26. The summed E-state index contributed by atoms with van der Waals surface area (Å²) in [4.78, 5) is 12.6. The molecule has 0 bridgehead atoms. The molecule has 0 spiro atoms. The Morgan fingerprint density at radius 2 is 2.24 bits per heavy atom. The lowest BCUT2D eigenvalue weighted by atomic mass is 9.75. The van der Waals surface area contributed by atoms with Gasteiger partial charge in [-0.1, -0.05) is 6.07 Å². The van der Waals surface area contributed by atoms with Crippen molar-refractivity contribution in [3.8, 4) is 0 Å². The van der Waals surface area contributed by atoms with Gasteiger partial charge in [-0.25, -0.2) is 0 Å². The number of rotatable bonds is 1. The molecule has 17 heavy (non-hydrogen) atoms. The molecule has 1 atom stereocenters. The van der Waals surface area contributed by atoms with Gasteiger partial charge in [-0.05, 0) is 31.5 Å². The summed E-state index contributed by atoms with van der Waals surface area (Å²) in [5, 5.41) is 6.38. The van der Waals surface area contributed by atoms with Crippen molar-refractivity contribution < 1.29 is 4.79 Å². The van der Waals surface area contributed by atoms with Gasteiger partial charge in [-0.2, -0.15) is 0 Å². The molecular formula is C13H16N2OS. The lowest BCUT2D eigenvalue weighted by Crippen LogP contribution is -2.59. The maximum absolute atomic E-state index is 11.4. The summed E-state index contributed by atoms with van der Waals surface area (Å²) in [6.45, 7) is 5.45. The molecule has 2 aliphatic rings. The van der Waals surface area contributed by atoms with Crippen molar-refractivity contribution in [2.45, 2.75) is 30.2 Å². The van der Waals surface area contributed by atoms with Gasteiger partial charge >= 0.3 is 0 Å². The third-order valence-electron chi connectivity index (χ3n) is 3.67.